The van der Waals surface area contributed by atoms with Gasteiger partial charge in [0, 0.05) is 43.0 Å². The number of halogens is 2. The lowest BCUT2D eigenvalue weighted by Gasteiger charge is -2.27. The van der Waals surface area contributed by atoms with Gasteiger partial charge in [-0.05, 0) is 31.4 Å². The van der Waals surface area contributed by atoms with Gasteiger partial charge >= 0.3 is 5.97 Å². The number of carbonyl (C=O) groups is 1. The molecule has 2 aromatic heterocycles. The summed E-state index contributed by atoms with van der Waals surface area (Å²) in [6.07, 6.45) is 8.29. The number of rotatable bonds is 8. The van der Waals surface area contributed by atoms with Crippen molar-refractivity contribution >= 4 is 45.9 Å². The number of carboxylic acids is 1. The molecular weight excluding hydrogens is 427 g/mol. The lowest BCUT2D eigenvalue weighted by atomic mass is 10.1. The van der Waals surface area contributed by atoms with Crippen molar-refractivity contribution in [2.75, 3.05) is 24.7 Å². The van der Waals surface area contributed by atoms with Crippen molar-refractivity contribution in [2.24, 2.45) is 0 Å². The van der Waals surface area contributed by atoms with E-state index < -0.39 is 5.97 Å². The minimum Gasteiger partial charge on any atom is -0.481 e. The van der Waals surface area contributed by atoms with Gasteiger partial charge in [-0.2, -0.15) is 0 Å². The van der Waals surface area contributed by atoms with Crippen molar-refractivity contribution in [2.45, 2.75) is 31.7 Å². The van der Waals surface area contributed by atoms with Crippen LogP contribution in [0.4, 0.5) is 5.82 Å². The lowest BCUT2D eigenvalue weighted by Crippen LogP contribution is -2.31. The highest BCUT2D eigenvalue weighted by atomic mass is 35.5. The van der Waals surface area contributed by atoms with E-state index in [9.17, 15) is 4.79 Å². The Hall–Kier alpha value is -2.35. The van der Waals surface area contributed by atoms with Crippen LogP contribution in [0.1, 0.15) is 25.7 Å². The van der Waals surface area contributed by atoms with Gasteiger partial charge in [0.1, 0.15) is 5.82 Å². The molecule has 1 N–H and O–H groups in total. The average molecular weight is 449 g/mol. The molecule has 4 rings (SSSR count). The van der Waals surface area contributed by atoms with E-state index in [0.717, 1.165) is 42.7 Å². The number of hydrogen-bond acceptors (Lipinski definition) is 5. The van der Waals surface area contributed by atoms with Crippen LogP contribution in [-0.4, -0.2) is 51.4 Å². The predicted octanol–water partition coefficient (Wildman–Crippen LogP) is 4.58. The first-order valence-corrected chi connectivity index (χ1v) is 10.6. The molecule has 1 atom stereocenters. The Morgan fingerprint density at radius 1 is 1.30 bits per heavy atom. The van der Waals surface area contributed by atoms with Gasteiger partial charge in [-0.1, -0.05) is 23.2 Å². The van der Waals surface area contributed by atoms with Gasteiger partial charge in [0.05, 0.1) is 40.6 Å². The number of benzene rings is 1. The fourth-order valence-corrected chi connectivity index (χ4v) is 4.24. The molecule has 1 aliphatic rings. The normalized spacial score (nSPS) is 16.5. The van der Waals surface area contributed by atoms with Gasteiger partial charge in [-0.25, -0.2) is 9.97 Å². The third-order valence-electron chi connectivity index (χ3n) is 5.35. The second-order valence-electron chi connectivity index (χ2n) is 7.26. The third-order valence-corrected chi connectivity index (χ3v) is 6.14. The predicted molar refractivity (Wildman–Crippen MR) is 117 cm³/mol. The maximum absolute atomic E-state index is 10.6. The molecule has 1 aliphatic heterocycles. The molecule has 30 heavy (non-hydrogen) atoms. The smallest absolute Gasteiger partial charge is 0.305 e. The van der Waals surface area contributed by atoms with Crippen LogP contribution in [-0.2, 0) is 9.53 Å². The monoisotopic (exact) mass is 448 g/mol. The van der Waals surface area contributed by atoms with Crippen LogP contribution >= 0.6 is 23.2 Å². The molecule has 0 spiro atoms. The van der Waals surface area contributed by atoms with Crippen LogP contribution in [0.2, 0.25) is 10.0 Å². The number of ether oxygens (including phenoxy) is 1. The second kappa shape index (κ2) is 9.20. The Morgan fingerprint density at radius 3 is 2.93 bits per heavy atom. The van der Waals surface area contributed by atoms with E-state index in [1.54, 1.807) is 18.6 Å². The first-order valence-electron chi connectivity index (χ1n) is 9.88. The van der Waals surface area contributed by atoms with Crippen LogP contribution in [0.25, 0.3) is 16.6 Å². The highest BCUT2D eigenvalue weighted by molar-refractivity contribution is 6.45. The summed E-state index contributed by atoms with van der Waals surface area (Å²) in [4.78, 5) is 21.9. The number of hydrogen-bond donors (Lipinski definition) is 1. The van der Waals surface area contributed by atoms with Crippen LogP contribution in [0, 0.1) is 0 Å². The summed E-state index contributed by atoms with van der Waals surface area (Å²) >= 11 is 12.8. The van der Waals surface area contributed by atoms with E-state index in [4.69, 9.17) is 38.0 Å². The molecular formula is C21H22Cl2N4O3. The number of nitrogens with zero attached hydrogens (tertiary/aromatic N) is 4. The van der Waals surface area contributed by atoms with Gasteiger partial charge in [0.2, 0.25) is 0 Å². The number of carboxylic acid groups (broad SMARTS) is 1. The SMILES string of the molecule is O=C(O)CCOCCC1CCCN1c1cc(-n2ccnc2)c2ccc(Cl)c(Cl)c2n1. The van der Waals surface area contributed by atoms with Gasteiger partial charge in [0.25, 0.3) is 0 Å². The summed E-state index contributed by atoms with van der Waals surface area (Å²) < 4.78 is 7.44. The van der Waals surface area contributed by atoms with E-state index >= 15 is 0 Å². The van der Waals surface area contributed by atoms with Crippen LogP contribution < -0.4 is 4.90 Å². The standard InChI is InChI=1S/C21H22Cl2N4O3/c22-16-4-3-15-17(26-9-7-24-13-26)12-18(25-21(15)20(16)23)27-8-1-2-14(27)5-10-30-11-6-19(28)29/h3-4,7,9,12-14H,1-2,5-6,8,10-11H2,(H,28,29). The summed E-state index contributed by atoms with van der Waals surface area (Å²) in [5.74, 6) is -0.0103. The highest BCUT2D eigenvalue weighted by Gasteiger charge is 2.27. The first kappa shape index (κ1) is 20.9. The minimum atomic E-state index is -0.847. The quantitative estimate of drug-likeness (QED) is 0.508. The molecule has 158 valence electrons. The Kier molecular flexibility index (Phi) is 6.41. The zero-order valence-corrected chi connectivity index (χ0v) is 17.8. The van der Waals surface area contributed by atoms with Crippen molar-refractivity contribution < 1.29 is 14.6 Å². The topological polar surface area (TPSA) is 80.5 Å². The Bertz CT molecular complexity index is 1040. The molecule has 0 saturated carbocycles. The van der Waals surface area contributed by atoms with Gasteiger partial charge in [-0.3, -0.25) is 4.79 Å². The van der Waals surface area contributed by atoms with Crippen molar-refractivity contribution in [3.63, 3.8) is 0 Å². The lowest BCUT2D eigenvalue weighted by molar-refractivity contribution is -0.138. The van der Waals surface area contributed by atoms with Crippen molar-refractivity contribution in [3.8, 4) is 5.69 Å². The Labute approximate surface area is 184 Å². The van der Waals surface area contributed by atoms with E-state index in [2.05, 4.69) is 16.0 Å². The summed E-state index contributed by atoms with van der Waals surface area (Å²) in [5.41, 5.74) is 1.60. The minimum absolute atomic E-state index is 0.0220. The van der Waals surface area contributed by atoms with Crippen molar-refractivity contribution in [3.05, 3.63) is 47.0 Å². The van der Waals surface area contributed by atoms with Crippen molar-refractivity contribution in [1.82, 2.24) is 14.5 Å². The zero-order valence-electron chi connectivity index (χ0n) is 16.3. The average Bonchev–Trinajstić information content (AvgIpc) is 3.42. The molecule has 7 nitrogen and oxygen atoms in total. The number of imidazole rings is 1. The van der Waals surface area contributed by atoms with E-state index in [0.29, 0.717) is 22.2 Å². The number of pyridine rings is 1. The summed E-state index contributed by atoms with van der Waals surface area (Å²) in [5, 5.41) is 10.5. The van der Waals surface area contributed by atoms with E-state index in [1.807, 2.05) is 16.8 Å². The molecule has 0 aliphatic carbocycles. The maximum Gasteiger partial charge on any atom is 0.305 e. The Morgan fingerprint density at radius 2 is 2.17 bits per heavy atom. The number of anilines is 1. The summed E-state index contributed by atoms with van der Waals surface area (Å²) in [6.45, 7) is 1.64. The van der Waals surface area contributed by atoms with Gasteiger partial charge < -0.3 is 19.3 Å². The van der Waals surface area contributed by atoms with Gasteiger partial charge in [-0.15, -0.1) is 0 Å². The molecule has 1 unspecified atom stereocenters. The molecule has 0 amide bonds. The van der Waals surface area contributed by atoms with E-state index in [-0.39, 0.29) is 19.1 Å². The molecule has 0 bridgehead atoms. The summed E-state index contributed by atoms with van der Waals surface area (Å²) in [7, 11) is 0. The number of aliphatic carboxylic acids is 1. The van der Waals surface area contributed by atoms with Crippen LogP contribution in [0.15, 0.2) is 36.9 Å². The number of aromatic nitrogens is 3. The highest BCUT2D eigenvalue weighted by Crippen LogP contribution is 2.36. The summed E-state index contributed by atoms with van der Waals surface area (Å²) in [6, 6.07) is 6.03. The maximum atomic E-state index is 10.6. The molecule has 3 aromatic rings. The fraction of sp³-hybridized carbons (Fsp3) is 0.381. The zero-order chi connectivity index (χ0) is 21.1. The second-order valence-corrected chi connectivity index (χ2v) is 8.05. The Balaban J connectivity index is 1.63. The van der Waals surface area contributed by atoms with Gasteiger partial charge in [0.15, 0.2) is 0 Å². The first-order chi connectivity index (χ1) is 14.5. The van der Waals surface area contributed by atoms with Crippen molar-refractivity contribution in [1.29, 1.82) is 0 Å². The molecule has 9 heteroatoms. The number of fused-ring (bicyclic) bond motifs is 1. The fourth-order valence-electron chi connectivity index (χ4n) is 3.88. The van der Waals surface area contributed by atoms with Crippen LogP contribution in [0.3, 0.4) is 0 Å². The van der Waals surface area contributed by atoms with Crippen LogP contribution in [0.5, 0.6) is 0 Å². The molecule has 1 aromatic carbocycles. The molecule has 1 fully saturated rings. The largest absolute Gasteiger partial charge is 0.481 e. The third kappa shape index (κ3) is 4.38. The molecule has 1 saturated heterocycles. The molecule has 3 heterocycles. The molecule has 0 radical (unpaired) electrons. The van der Waals surface area contributed by atoms with E-state index in [1.165, 1.54) is 0 Å².